The van der Waals surface area contributed by atoms with Crippen molar-refractivity contribution in [3.63, 3.8) is 0 Å². The van der Waals surface area contributed by atoms with E-state index in [4.69, 9.17) is 5.73 Å². The molecule has 1 heterocycles. The fourth-order valence-electron chi connectivity index (χ4n) is 2.58. The molecular weight excluding hydrogens is 178 g/mol. The van der Waals surface area contributed by atoms with Crippen molar-refractivity contribution in [1.82, 2.24) is 4.90 Å². The van der Waals surface area contributed by atoms with E-state index in [1.54, 1.807) is 0 Å². The normalized spacial score (nSPS) is 36.1. The highest BCUT2D eigenvalue weighted by Crippen LogP contribution is 2.46. The lowest BCUT2D eigenvalue weighted by Gasteiger charge is -2.50. The van der Waals surface area contributed by atoms with E-state index in [-0.39, 0.29) is 11.6 Å². The van der Waals surface area contributed by atoms with Gasteiger partial charge in [-0.1, -0.05) is 13.8 Å². The highest BCUT2D eigenvalue weighted by molar-refractivity contribution is 6.06. The molecule has 0 radical (unpaired) electrons. The number of amides is 2. The summed E-state index contributed by atoms with van der Waals surface area (Å²) in [6, 6.07) is -0.143. The predicted molar refractivity (Wildman–Crippen MR) is 55.1 cm³/mol. The van der Waals surface area contributed by atoms with E-state index in [1.165, 1.54) is 0 Å². The Kier molecular flexibility index (Phi) is 2.01. The zero-order valence-electron chi connectivity index (χ0n) is 8.79. The first-order chi connectivity index (χ1) is 6.63. The molecule has 0 saturated heterocycles. The molecule has 1 aliphatic heterocycles. The maximum atomic E-state index is 11.6. The molecule has 1 aliphatic carbocycles. The summed E-state index contributed by atoms with van der Waals surface area (Å²) in [6.45, 7) is 4.99. The number of aliphatic imine (C=N–C) groups is 1. The quantitative estimate of drug-likeness (QED) is 0.723. The van der Waals surface area contributed by atoms with Gasteiger partial charge >= 0.3 is 6.03 Å². The summed E-state index contributed by atoms with van der Waals surface area (Å²) in [4.78, 5) is 17.3. The van der Waals surface area contributed by atoms with Crippen molar-refractivity contribution in [2.75, 3.05) is 6.54 Å². The number of nitrogens with zero attached hydrogens (tertiary/aromatic N) is 2. The van der Waals surface area contributed by atoms with Crippen LogP contribution in [0.25, 0.3) is 0 Å². The van der Waals surface area contributed by atoms with Gasteiger partial charge in [0, 0.05) is 6.54 Å². The van der Waals surface area contributed by atoms with Crippen LogP contribution in [0.5, 0.6) is 0 Å². The van der Waals surface area contributed by atoms with E-state index in [0.29, 0.717) is 11.8 Å². The fraction of sp³-hybridized carbons (Fsp3) is 0.800. The maximum Gasteiger partial charge on any atom is 0.346 e. The topological polar surface area (TPSA) is 58.7 Å². The Hall–Kier alpha value is -1.06. The van der Waals surface area contributed by atoms with Crippen LogP contribution in [0.3, 0.4) is 0 Å². The molecule has 2 N–H and O–H groups in total. The fourth-order valence-corrected chi connectivity index (χ4v) is 2.58. The van der Waals surface area contributed by atoms with Gasteiger partial charge in [-0.05, 0) is 25.2 Å². The van der Waals surface area contributed by atoms with Crippen molar-refractivity contribution in [3.05, 3.63) is 0 Å². The van der Waals surface area contributed by atoms with Crippen molar-refractivity contribution in [3.8, 4) is 0 Å². The Morgan fingerprint density at radius 1 is 1.71 bits per heavy atom. The number of carbonyl (C=O) groups excluding carboxylic acids is 1. The van der Waals surface area contributed by atoms with Gasteiger partial charge in [0.2, 0.25) is 0 Å². The van der Waals surface area contributed by atoms with Gasteiger partial charge in [-0.3, -0.25) is 0 Å². The van der Waals surface area contributed by atoms with Gasteiger partial charge in [0.15, 0.2) is 0 Å². The molecule has 2 atom stereocenters. The third-order valence-corrected chi connectivity index (χ3v) is 3.59. The third kappa shape index (κ3) is 0.938. The predicted octanol–water partition coefficient (Wildman–Crippen LogP) is 1.36. The van der Waals surface area contributed by atoms with Crippen molar-refractivity contribution < 1.29 is 4.79 Å². The summed E-state index contributed by atoms with van der Waals surface area (Å²) >= 11 is 0. The zero-order valence-corrected chi connectivity index (χ0v) is 8.79. The molecule has 1 fully saturated rings. The second kappa shape index (κ2) is 2.97. The molecule has 0 aromatic rings. The molecule has 0 aromatic carbocycles. The van der Waals surface area contributed by atoms with Crippen LogP contribution in [0.4, 0.5) is 4.79 Å². The Balaban J connectivity index is 2.28. The van der Waals surface area contributed by atoms with Gasteiger partial charge in [0.1, 0.15) is 11.4 Å². The molecule has 4 nitrogen and oxygen atoms in total. The van der Waals surface area contributed by atoms with Crippen LogP contribution >= 0.6 is 0 Å². The van der Waals surface area contributed by atoms with Crippen LogP contribution in [-0.2, 0) is 0 Å². The molecule has 2 rings (SSSR count). The van der Waals surface area contributed by atoms with E-state index in [9.17, 15) is 4.79 Å². The Labute approximate surface area is 84.2 Å². The largest absolute Gasteiger partial charge is 0.385 e. The number of hydrogen-bond donors (Lipinski definition) is 1. The molecule has 2 aliphatic rings. The zero-order chi connectivity index (χ0) is 10.3. The standard InChI is InChI=1S/C10H17N3O/c1-3-6-13-9(14)12-8(11)10(13)5-4-7(10)2/h7H,3-6H2,1-2H3,(H2,11,12,14). The summed E-state index contributed by atoms with van der Waals surface area (Å²) in [5.41, 5.74) is 5.65. The number of amidine groups is 1. The first-order valence-electron chi connectivity index (χ1n) is 5.29. The molecule has 4 heteroatoms. The van der Waals surface area contributed by atoms with E-state index in [2.05, 4.69) is 18.8 Å². The van der Waals surface area contributed by atoms with Crippen LogP contribution in [0.15, 0.2) is 4.99 Å². The van der Waals surface area contributed by atoms with Gasteiger partial charge in [-0.2, -0.15) is 4.99 Å². The number of hydrogen-bond acceptors (Lipinski definition) is 2. The van der Waals surface area contributed by atoms with Crippen LogP contribution in [0.1, 0.15) is 33.1 Å². The van der Waals surface area contributed by atoms with Gasteiger partial charge in [0.05, 0.1) is 0 Å². The minimum absolute atomic E-state index is 0.143. The van der Waals surface area contributed by atoms with Crippen molar-refractivity contribution in [2.45, 2.75) is 38.6 Å². The third-order valence-electron chi connectivity index (χ3n) is 3.59. The molecule has 1 saturated carbocycles. The van der Waals surface area contributed by atoms with Gasteiger partial charge in [-0.15, -0.1) is 0 Å². The van der Waals surface area contributed by atoms with Gasteiger partial charge in [0.25, 0.3) is 0 Å². The smallest absolute Gasteiger partial charge is 0.346 e. The molecule has 1 spiro atoms. The highest BCUT2D eigenvalue weighted by Gasteiger charge is 2.56. The van der Waals surface area contributed by atoms with Crippen LogP contribution in [0.2, 0.25) is 0 Å². The van der Waals surface area contributed by atoms with E-state index < -0.39 is 0 Å². The SMILES string of the molecule is CCCN1C(=O)N=C(N)C12CCC2C. The molecular formula is C10H17N3O. The first-order valence-corrected chi connectivity index (χ1v) is 5.29. The number of rotatable bonds is 2. The lowest BCUT2D eigenvalue weighted by molar-refractivity contribution is 0.0613. The molecule has 0 aromatic heterocycles. The lowest BCUT2D eigenvalue weighted by atomic mass is 9.66. The number of nitrogens with two attached hydrogens (primary N) is 1. The molecule has 2 unspecified atom stereocenters. The summed E-state index contributed by atoms with van der Waals surface area (Å²) < 4.78 is 0. The Morgan fingerprint density at radius 3 is 2.86 bits per heavy atom. The minimum Gasteiger partial charge on any atom is -0.385 e. The van der Waals surface area contributed by atoms with Gasteiger partial charge < -0.3 is 10.6 Å². The van der Waals surface area contributed by atoms with Crippen molar-refractivity contribution in [2.24, 2.45) is 16.6 Å². The van der Waals surface area contributed by atoms with E-state index >= 15 is 0 Å². The second-order valence-electron chi connectivity index (χ2n) is 4.30. The van der Waals surface area contributed by atoms with Crippen LogP contribution in [-0.4, -0.2) is 28.9 Å². The van der Waals surface area contributed by atoms with Crippen molar-refractivity contribution >= 4 is 11.9 Å². The number of carbonyl (C=O) groups is 1. The molecule has 2 amide bonds. The van der Waals surface area contributed by atoms with Crippen molar-refractivity contribution in [1.29, 1.82) is 0 Å². The maximum absolute atomic E-state index is 11.6. The molecule has 78 valence electrons. The lowest BCUT2D eigenvalue weighted by Crippen LogP contribution is -2.63. The number of urea groups is 1. The molecule has 14 heavy (non-hydrogen) atoms. The summed E-state index contributed by atoms with van der Waals surface area (Å²) in [5, 5.41) is 0. The second-order valence-corrected chi connectivity index (χ2v) is 4.30. The summed E-state index contributed by atoms with van der Waals surface area (Å²) in [6.07, 6.45) is 3.09. The van der Waals surface area contributed by atoms with Crippen LogP contribution in [0, 0.1) is 5.92 Å². The Morgan fingerprint density at radius 2 is 2.43 bits per heavy atom. The van der Waals surface area contributed by atoms with Crippen LogP contribution < -0.4 is 5.73 Å². The highest BCUT2D eigenvalue weighted by atomic mass is 16.2. The summed E-state index contributed by atoms with van der Waals surface area (Å²) in [5.74, 6) is 0.999. The summed E-state index contributed by atoms with van der Waals surface area (Å²) in [7, 11) is 0. The van der Waals surface area contributed by atoms with Gasteiger partial charge in [-0.25, -0.2) is 4.79 Å². The monoisotopic (exact) mass is 195 g/mol. The first kappa shape index (κ1) is 9.49. The average Bonchev–Trinajstić information content (AvgIpc) is 2.39. The minimum atomic E-state index is -0.215. The Bertz CT molecular complexity index is 300. The average molecular weight is 195 g/mol. The van der Waals surface area contributed by atoms with E-state index in [1.807, 2.05) is 4.90 Å². The molecule has 0 bridgehead atoms. The van der Waals surface area contributed by atoms with E-state index in [0.717, 1.165) is 25.8 Å².